The van der Waals surface area contributed by atoms with Crippen molar-refractivity contribution in [3.63, 3.8) is 0 Å². The standard InChI is InChI=1S/C16H23ClN4/c1-11-16(17)15(21(5)19-11)10-14(18-2)12-6-8-13(9-7-12)20(3)4/h6-9,14,18H,10H2,1-5H3. The Balaban J connectivity index is 2.23. The average molecular weight is 307 g/mol. The molecule has 1 atom stereocenters. The van der Waals surface area contributed by atoms with Gasteiger partial charge in [0.1, 0.15) is 0 Å². The second kappa shape index (κ2) is 6.50. The van der Waals surface area contributed by atoms with Gasteiger partial charge in [0.15, 0.2) is 0 Å². The number of nitrogens with one attached hydrogen (secondary N) is 1. The first-order chi connectivity index (χ1) is 9.93. The molecule has 0 aliphatic rings. The van der Waals surface area contributed by atoms with Crippen molar-refractivity contribution in [2.24, 2.45) is 7.05 Å². The fraction of sp³-hybridized carbons (Fsp3) is 0.438. The molecule has 1 unspecified atom stereocenters. The molecule has 2 rings (SSSR count). The van der Waals surface area contributed by atoms with Crippen molar-refractivity contribution in [3.05, 3.63) is 46.2 Å². The van der Waals surface area contributed by atoms with E-state index in [2.05, 4.69) is 39.6 Å². The third-order valence-electron chi connectivity index (χ3n) is 3.82. The number of benzene rings is 1. The summed E-state index contributed by atoms with van der Waals surface area (Å²) in [5.74, 6) is 0. The topological polar surface area (TPSA) is 33.1 Å². The summed E-state index contributed by atoms with van der Waals surface area (Å²) in [5, 5.41) is 8.51. The number of halogens is 1. The van der Waals surface area contributed by atoms with E-state index in [0.717, 1.165) is 22.8 Å². The van der Waals surface area contributed by atoms with Crippen LogP contribution in [0.25, 0.3) is 0 Å². The van der Waals surface area contributed by atoms with E-state index in [-0.39, 0.29) is 6.04 Å². The lowest BCUT2D eigenvalue weighted by Gasteiger charge is -2.19. The molecule has 1 N–H and O–H groups in total. The molecule has 2 aromatic rings. The number of likely N-dealkylation sites (N-methyl/N-ethyl adjacent to an activating group) is 1. The predicted molar refractivity (Wildman–Crippen MR) is 89.2 cm³/mol. The number of hydrogen-bond acceptors (Lipinski definition) is 3. The van der Waals surface area contributed by atoms with Gasteiger partial charge in [-0.05, 0) is 31.7 Å². The third kappa shape index (κ3) is 3.39. The van der Waals surface area contributed by atoms with Crippen LogP contribution in [0.5, 0.6) is 0 Å². The Kier molecular flexibility index (Phi) is 4.91. The zero-order valence-corrected chi connectivity index (χ0v) is 14.1. The molecule has 0 fully saturated rings. The Morgan fingerprint density at radius 3 is 2.33 bits per heavy atom. The molecule has 1 aromatic heterocycles. The summed E-state index contributed by atoms with van der Waals surface area (Å²) in [7, 11) is 8.00. The van der Waals surface area contributed by atoms with Crippen molar-refractivity contribution in [2.45, 2.75) is 19.4 Å². The van der Waals surface area contributed by atoms with Crippen LogP contribution in [0.1, 0.15) is 23.0 Å². The van der Waals surface area contributed by atoms with Gasteiger partial charge in [0, 0.05) is 39.3 Å². The highest BCUT2D eigenvalue weighted by atomic mass is 35.5. The van der Waals surface area contributed by atoms with Crippen LogP contribution in [0.4, 0.5) is 5.69 Å². The van der Waals surface area contributed by atoms with Gasteiger partial charge in [-0.25, -0.2) is 0 Å². The first-order valence-electron chi connectivity index (χ1n) is 7.06. The van der Waals surface area contributed by atoms with Crippen molar-refractivity contribution in [1.82, 2.24) is 15.1 Å². The molecule has 0 aliphatic heterocycles. The molecule has 1 heterocycles. The minimum atomic E-state index is 0.216. The zero-order valence-electron chi connectivity index (χ0n) is 13.3. The van der Waals surface area contributed by atoms with Gasteiger partial charge in [-0.2, -0.15) is 5.10 Å². The highest BCUT2D eigenvalue weighted by Crippen LogP contribution is 2.26. The molecular formula is C16H23ClN4. The van der Waals surface area contributed by atoms with Crippen LogP contribution < -0.4 is 10.2 Å². The lowest BCUT2D eigenvalue weighted by Crippen LogP contribution is -2.20. The Morgan fingerprint density at radius 1 is 1.29 bits per heavy atom. The van der Waals surface area contributed by atoms with Gasteiger partial charge in [-0.1, -0.05) is 23.7 Å². The fourth-order valence-electron chi connectivity index (χ4n) is 2.49. The minimum absolute atomic E-state index is 0.216. The van der Waals surface area contributed by atoms with Gasteiger partial charge in [0.05, 0.1) is 16.4 Å². The van der Waals surface area contributed by atoms with E-state index in [1.807, 2.05) is 39.8 Å². The third-order valence-corrected chi connectivity index (χ3v) is 4.31. The molecule has 5 heteroatoms. The predicted octanol–water partition coefficient (Wildman–Crippen LogP) is 2.95. The average Bonchev–Trinajstić information content (AvgIpc) is 2.70. The lowest BCUT2D eigenvalue weighted by atomic mass is 10.0. The second-order valence-corrected chi connectivity index (χ2v) is 5.88. The molecule has 0 saturated heterocycles. The lowest BCUT2D eigenvalue weighted by molar-refractivity contribution is 0.561. The van der Waals surface area contributed by atoms with Crippen LogP contribution >= 0.6 is 11.6 Å². The van der Waals surface area contributed by atoms with E-state index < -0.39 is 0 Å². The van der Waals surface area contributed by atoms with Crippen LogP contribution in [0.2, 0.25) is 5.02 Å². The molecule has 1 aromatic carbocycles. The van der Waals surface area contributed by atoms with E-state index in [1.165, 1.54) is 11.3 Å². The second-order valence-electron chi connectivity index (χ2n) is 5.50. The Hall–Kier alpha value is -1.52. The van der Waals surface area contributed by atoms with E-state index in [1.54, 1.807) is 0 Å². The van der Waals surface area contributed by atoms with Crippen molar-refractivity contribution in [3.8, 4) is 0 Å². The molecule has 21 heavy (non-hydrogen) atoms. The van der Waals surface area contributed by atoms with Crippen molar-refractivity contribution in [1.29, 1.82) is 0 Å². The first-order valence-corrected chi connectivity index (χ1v) is 7.44. The molecule has 0 radical (unpaired) electrons. The Bertz CT molecular complexity index is 601. The zero-order chi connectivity index (χ0) is 15.6. The summed E-state index contributed by atoms with van der Waals surface area (Å²) in [6, 6.07) is 8.81. The van der Waals surface area contributed by atoms with E-state index in [0.29, 0.717) is 0 Å². The van der Waals surface area contributed by atoms with Gasteiger partial charge in [0.25, 0.3) is 0 Å². The van der Waals surface area contributed by atoms with Gasteiger partial charge in [0.2, 0.25) is 0 Å². The SMILES string of the molecule is CNC(Cc1c(Cl)c(C)nn1C)c1ccc(N(C)C)cc1. The molecule has 0 spiro atoms. The molecule has 0 saturated carbocycles. The summed E-state index contributed by atoms with van der Waals surface area (Å²) >= 11 is 6.35. The number of hydrogen-bond donors (Lipinski definition) is 1. The Labute approximate surface area is 131 Å². The number of aryl methyl sites for hydroxylation is 2. The number of aromatic nitrogens is 2. The highest BCUT2D eigenvalue weighted by Gasteiger charge is 2.17. The van der Waals surface area contributed by atoms with Gasteiger partial charge >= 0.3 is 0 Å². The van der Waals surface area contributed by atoms with Crippen molar-refractivity contribution >= 4 is 17.3 Å². The molecule has 0 amide bonds. The van der Waals surface area contributed by atoms with Crippen LogP contribution in [0, 0.1) is 6.92 Å². The number of nitrogens with zero attached hydrogens (tertiary/aromatic N) is 3. The van der Waals surface area contributed by atoms with Crippen LogP contribution in [-0.2, 0) is 13.5 Å². The molecule has 4 nitrogen and oxygen atoms in total. The van der Waals surface area contributed by atoms with E-state index >= 15 is 0 Å². The summed E-state index contributed by atoms with van der Waals surface area (Å²) < 4.78 is 1.87. The molecule has 0 aliphatic carbocycles. The van der Waals surface area contributed by atoms with Crippen molar-refractivity contribution < 1.29 is 0 Å². The Morgan fingerprint density at radius 2 is 1.90 bits per heavy atom. The maximum atomic E-state index is 6.35. The molecular weight excluding hydrogens is 284 g/mol. The highest BCUT2D eigenvalue weighted by molar-refractivity contribution is 6.31. The van der Waals surface area contributed by atoms with E-state index in [4.69, 9.17) is 11.6 Å². The summed E-state index contributed by atoms with van der Waals surface area (Å²) in [4.78, 5) is 2.10. The van der Waals surface area contributed by atoms with Crippen LogP contribution in [0.3, 0.4) is 0 Å². The smallest absolute Gasteiger partial charge is 0.0847 e. The largest absolute Gasteiger partial charge is 0.378 e. The van der Waals surface area contributed by atoms with E-state index in [9.17, 15) is 0 Å². The summed E-state index contributed by atoms with van der Waals surface area (Å²) in [6.45, 7) is 1.94. The number of anilines is 1. The minimum Gasteiger partial charge on any atom is -0.378 e. The molecule has 0 bridgehead atoms. The van der Waals surface area contributed by atoms with Crippen LogP contribution in [-0.4, -0.2) is 30.9 Å². The van der Waals surface area contributed by atoms with Gasteiger partial charge < -0.3 is 10.2 Å². The maximum Gasteiger partial charge on any atom is 0.0847 e. The van der Waals surface area contributed by atoms with Gasteiger partial charge in [-0.15, -0.1) is 0 Å². The monoisotopic (exact) mass is 306 g/mol. The number of rotatable bonds is 5. The van der Waals surface area contributed by atoms with Gasteiger partial charge in [-0.3, -0.25) is 4.68 Å². The summed E-state index contributed by atoms with van der Waals surface area (Å²) in [5.41, 5.74) is 4.39. The van der Waals surface area contributed by atoms with Crippen LogP contribution in [0.15, 0.2) is 24.3 Å². The molecule has 114 valence electrons. The quantitative estimate of drug-likeness (QED) is 0.922. The normalized spacial score (nSPS) is 12.5. The fourth-order valence-corrected chi connectivity index (χ4v) is 2.72. The maximum absolute atomic E-state index is 6.35. The first kappa shape index (κ1) is 15.9. The van der Waals surface area contributed by atoms with Crippen molar-refractivity contribution in [2.75, 3.05) is 26.0 Å². The summed E-state index contributed by atoms with van der Waals surface area (Å²) in [6.07, 6.45) is 0.813.